The Morgan fingerprint density at radius 3 is 2.69 bits per heavy atom. The number of aryl methyl sites for hydroxylation is 1. The number of benzene rings is 1. The molecule has 5 heteroatoms. The fraction of sp³-hybridized carbons (Fsp3) is 0.182. The molecule has 0 aliphatic carbocycles. The molecule has 2 nitrogen and oxygen atoms in total. The predicted molar refractivity (Wildman–Crippen MR) is 66.5 cm³/mol. The maximum atomic E-state index is 13.5. The van der Waals surface area contributed by atoms with E-state index in [0.29, 0.717) is 0 Å². The zero-order valence-corrected chi connectivity index (χ0v) is 11.2. The van der Waals surface area contributed by atoms with Crippen LogP contribution in [0.4, 0.5) is 4.39 Å². The Balaban J connectivity index is 2.49. The van der Waals surface area contributed by atoms with Crippen LogP contribution in [0.1, 0.15) is 4.88 Å². The van der Waals surface area contributed by atoms with Crippen molar-refractivity contribution in [2.24, 2.45) is 0 Å². The van der Waals surface area contributed by atoms with Gasteiger partial charge in [0, 0.05) is 10.4 Å². The van der Waals surface area contributed by atoms with Crippen molar-refractivity contribution < 1.29 is 9.13 Å². The number of rotatable bonds is 2. The number of methoxy groups -OCH3 is 1. The van der Waals surface area contributed by atoms with Gasteiger partial charge < -0.3 is 4.74 Å². The second kappa shape index (κ2) is 4.51. The third kappa shape index (κ3) is 2.10. The molecular weight excluding hydrogens is 293 g/mol. The van der Waals surface area contributed by atoms with E-state index < -0.39 is 0 Å². The summed E-state index contributed by atoms with van der Waals surface area (Å²) in [6.45, 7) is 1.96. The molecule has 0 N–H and O–H groups in total. The Morgan fingerprint density at radius 2 is 2.19 bits per heavy atom. The van der Waals surface area contributed by atoms with Crippen LogP contribution in [-0.2, 0) is 0 Å². The highest BCUT2D eigenvalue weighted by atomic mass is 79.9. The van der Waals surface area contributed by atoms with Crippen molar-refractivity contribution in [1.82, 2.24) is 4.98 Å². The summed E-state index contributed by atoms with van der Waals surface area (Å²) in [5.41, 5.74) is 1.57. The lowest BCUT2D eigenvalue weighted by molar-refractivity contribution is 0.386. The van der Waals surface area contributed by atoms with Crippen LogP contribution in [0.25, 0.3) is 11.3 Å². The topological polar surface area (TPSA) is 22.1 Å². The average Bonchev–Trinajstić information content (AvgIpc) is 2.58. The summed E-state index contributed by atoms with van der Waals surface area (Å²) in [6.07, 6.45) is 0. The summed E-state index contributed by atoms with van der Waals surface area (Å²) in [5.74, 6) is -0.126. The fourth-order valence-corrected chi connectivity index (χ4v) is 3.00. The van der Waals surface area contributed by atoms with E-state index in [1.807, 2.05) is 6.92 Å². The van der Waals surface area contributed by atoms with Gasteiger partial charge in [0.05, 0.1) is 12.8 Å². The lowest BCUT2D eigenvalue weighted by Gasteiger charge is -2.03. The third-order valence-electron chi connectivity index (χ3n) is 2.20. The maximum Gasteiger partial charge on any atom is 0.165 e. The minimum absolute atomic E-state index is 0.246. The third-order valence-corrected chi connectivity index (χ3v) is 3.62. The van der Waals surface area contributed by atoms with Gasteiger partial charge in [-0.2, -0.15) is 0 Å². The molecule has 1 aromatic heterocycles. The second-order valence-corrected chi connectivity index (χ2v) is 5.70. The Bertz CT molecular complexity index is 527. The van der Waals surface area contributed by atoms with Crippen LogP contribution in [0.2, 0.25) is 0 Å². The van der Waals surface area contributed by atoms with Crippen LogP contribution >= 0.6 is 27.3 Å². The Kier molecular flexibility index (Phi) is 3.25. The molecule has 0 unspecified atom stereocenters. The molecule has 0 saturated heterocycles. The van der Waals surface area contributed by atoms with Crippen LogP contribution in [0.3, 0.4) is 0 Å². The van der Waals surface area contributed by atoms with Crippen LogP contribution < -0.4 is 4.74 Å². The molecule has 1 aromatic carbocycles. The number of hydrogen-bond donors (Lipinski definition) is 0. The molecule has 0 bridgehead atoms. The maximum absolute atomic E-state index is 13.5. The molecule has 2 aromatic rings. The fourth-order valence-electron chi connectivity index (χ4n) is 1.45. The largest absolute Gasteiger partial charge is 0.494 e. The van der Waals surface area contributed by atoms with Gasteiger partial charge in [-0.15, -0.1) is 11.3 Å². The Labute approximate surface area is 105 Å². The molecule has 0 radical (unpaired) electrons. The van der Waals surface area contributed by atoms with Gasteiger partial charge in [-0.3, -0.25) is 0 Å². The number of hydrogen-bond acceptors (Lipinski definition) is 3. The molecule has 84 valence electrons. The molecule has 2 rings (SSSR count). The lowest BCUT2D eigenvalue weighted by Crippen LogP contribution is -1.89. The van der Waals surface area contributed by atoms with Crippen molar-refractivity contribution in [2.75, 3.05) is 7.11 Å². The summed E-state index contributed by atoms with van der Waals surface area (Å²) < 4.78 is 19.2. The SMILES string of the molecule is COc1ccc(-c2nc(Br)sc2C)cc1F. The first-order valence-corrected chi connectivity index (χ1v) is 6.19. The highest BCUT2D eigenvalue weighted by Gasteiger charge is 2.11. The monoisotopic (exact) mass is 301 g/mol. The highest BCUT2D eigenvalue weighted by Crippen LogP contribution is 2.32. The molecule has 0 fully saturated rings. The van der Waals surface area contributed by atoms with Crippen LogP contribution in [0, 0.1) is 12.7 Å². The molecule has 16 heavy (non-hydrogen) atoms. The van der Waals surface area contributed by atoms with E-state index in [-0.39, 0.29) is 11.6 Å². The second-order valence-electron chi connectivity index (χ2n) is 3.22. The van der Waals surface area contributed by atoms with Gasteiger partial charge in [0.2, 0.25) is 0 Å². The average molecular weight is 302 g/mol. The number of halogens is 2. The minimum Gasteiger partial charge on any atom is -0.494 e. The van der Waals surface area contributed by atoms with Gasteiger partial charge in [-0.25, -0.2) is 9.37 Å². The highest BCUT2D eigenvalue weighted by molar-refractivity contribution is 9.11. The smallest absolute Gasteiger partial charge is 0.165 e. The van der Waals surface area contributed by atoms with E-state index in [0.717, 1.165) is 20.1 Å². The van der Waals surface area contributed by atoms with Gasteiger partial charge in [-0.1, -0.05) is 0 Å². The van der Waals surface area contributed by atoms with Crippen molar-refractivity contribution in [3.05, 3.63) is 32.8 Å². The van der Waals surface area contributed by atoms with E-state index in [9.17, 15) is 4.39 Å². The summed E-state index contributed by atoms with van der Waals surface area (Å²) in [4.78, 5) is 5.36. The summed E-state index contributed by atoms with van der Waals surface area (Å²) in [5, 5.41) is 0. The van der Waals surface area contributed by atoms with Crippen molar-refractivity contribution in [2.45, 2.75) is 6.92 Å². The first-order valence-electron chi connectivity index (χ1n) is 4.58. The summed E-state index contributed by atoms with van der Waals surface area (Å²) >= 11 is 4.85. The molecule has 0 spiro atoms. The molecule has 0 saturated carbocycles. The Hall–Kier alpha value is -0.940. The molecule has 0 aliphatic heterocycles. The minimum atomic E-state index is -0.372. The van der Waals surface area contributed by atoms with E-state index in [1.54, 1.807) is 12.1 Å². The summed E-state index contributed by atoms with van der Waals surface area (Å²) in [7, 11) is 1.45. The van der Waals surface area contributed by atoms with E-state index in [4.69, 9.17) is 4.74 Å². The number of thiazole rings is 1. The molecule has 0 atom stereocenters. The molecule has 0 aliphatic rings. The number of aromatic nitrogens is 1. The molecule has 0 amide bonds. The first kappa shape index (κ1) is 11.5. The van der Waals surface area contributed by atoms with Crippen molar-refractivity contribution in [3.8, 4) is 17.0 Å². The van der Waals surface area contributed by atoms with Crippen molar-refractivity contribution in [1.29, 1.82) is 0 Å². The van der Waals surface area contributed by atoms with Crippen molar-refractivity contribution in [3.63, 3.8) is 0 Å². The molecular formula is C11H9BrFNOS. The van der Waals surface area contributed by atoms with Gasteiger partial charge in [-0.05, 0) is 41.1 Å². The quantitative estimate of drug-likeness (QED) is 0.835. The predicted octanol–water partition coefficient (Wildman–Crippen LogP) is 4.03. The normalized spacial score (nSPS) is 10.5. The first-order chi connectivity index (χ1) is 7.61. The Morgan fingerprint density at radius 1 is 1.44 bits per heavy atom. The van der Waals surface area contributed by atoms with Crippen molar-refractivity contribution >= 4 is 27.3 Å². The van der Waals surface area contributed by atoms with Gasteiger partial charge in [0.15, 0.2) is 15.5 Å². The van der Waals surface area contributed by atoms with E-state index in [1.165, 1.54) is 24.5 Å². The van der Waals surface area contributed by atoms with E-state index >= 15 is 0 Å². The zero-order chi connectivity index (χ0) is 11.7. The van der Waals surface area contributed by atoms with Gasteiger partial charge >= 0.3 is 0 Å². The van der Waals surface area contributed by atoms with E-state index in [2.05, 4.69) is 20.9 Å². The lowest BCUT2D eigenvalue weighted by atomic mass is 10.1. The van der Waals surface area contributed by atoms with Crippen LogP contribution in [0.15, 0.2) is 22.1 Å². The number of nitrogens with zero attached hydrogens (tertiary/aromatic N) is 1. The standard InChI is InChI=1S/C11H9BrFNOS/c1-6-10(14-11(12)16-6)7-3-4-9(15-2)8(13)5-7/h3-5H,1-2H3. The molecule has 1 heterocycles. The van der Waals surface area contributed by atoms with Crippen LogP contribution in [0.5, 0.6) is 5.75 Å². The van der Waals surface area contributed by atoms with Gasteiger partial charge in [0.1, 0.15) is 0 Å². The van der Waals surface area contributed by atoms with Crippen LogP contribution in [-0.4, -0.2) is 12.1 Å². The zero-order valence-electron chi connectivity index (χ0n) is 8.75. The number of ether oxygens (including phenoxy) is 1. The van der Waals surface area contributed by atoms with Gasteiger partial charge in [0.25, 0.3) is 0 Å². The summed E-state index contributed by atoms with van der Waals surface area (Å²) in [6, 6.07) is 4.85.